The number of amides is 1. The number of aryl methyl sites for hydroxylation is 1. The van der Waals surface area contributed by atoms with Gasteiger partial charge < -0.3 is 15.0 Å². The number of carbonyl (C=O) groups excluding carboxylic acids is 1. The molecule has 1 saturated heterocycles. The fourth-order valence-electron chi connectivity index (χ4n) is 3.82. The van der Waals surface area contributed by atoms with E-state index < -0.39 is 0 Å². The van der Waals surface area contributed by atoms with Gasteiger partial charge >= 0.3 is 0 Å². The van der Waals surface area contributed by atoms with Crippen molar-refractivity contribution < 1.29 is 9.53 Å². The highest BCUT2D eigenvalue weighted by atomic mass is 16.5. The van der Waals surface area contributed by atoms with Gasteiger partial charge in [-0.05, 0) is 36.2 Å². The van der Waals surface area contributed by atoms with E-state index in [0.29, 0.717) is 6.54 Å². The smallest absolute Gasteiger partial charge is 0.238 e. The van der Waals surface area contributed by atoms with Crippen LogP contribution in [-0.2, 0) is 11.2 Å². The molecular formula is C24H29N5O2. The summed E-state index contributed by atoms with van der Waals surface area (Å²) in [7, 11) is 1.67. The lowest BCUT2D eigenvalue weighted by Crippen LogP contribution is -2.49. The highest BCUT2D eigenvalue weighted by Gasteiger charge is 2.22. The number of hydrogen-bond donors (Lipinski definition) is 1. The van der Waals surface area contributed by atoms with Crippen LogP contribution < -0.4 is 15.0 Å². The summed E-state index contributed by atoms with van der Waals surface area (Å²) < 4.78 is 7.43. The van der Waals surface area contributed by atoms with Crippen LogP contribution in [0.15, 0.2) is 60.9 Å². The Kier molecular flexibility index (Phi) is 6.52. The number of rotatable bonds is 7. The molecule has 0 aliphatic carbocycles. The fraction of sp³-hybridized carbons (Fsp3) is 0.333. The highest BCUT2D eigenvalue weighted by molar-refractivity contribution is 5.92. The van der Waals surface area contributed by atoms with E-state index in [1.165, 1.54) is 5.56 Å². The van der Waals surface area contributed by atoms with E-state index in [-0.39, 0.29) is 5.91 Å². The van der Waals surface area contributed by atoms with Crippen molar-refractivity contribution in [3.8, 4) is 11.4 Å². The molecule has 1 N–H and O–H groups in total. The maximum atomic E-state index is 12.5. The Bertz CT molecular complexity index is 1010. The summed E-state index contributed by atoms with van der Waals surface area (Å²) in [5.41, 5.74) is 3.13. The lowest BCUT2D eigenvalue weighted by atomic mass is 10.1. The minimum atomic E-state index is 0.0237. The van der Waals surface area contributed by atoms with E-state index in [2.05, 4.69) is 43.7 Å². The molecule has 0 unspecified atom stereocenters. The van der Waals surface area contributed by atoms with Crippen molar-refractivity contribution in [2.75, 3.05) is 50.1 Å². The van der Waals surface area contributed by atoms with E-state index in [1.54, 1.807) is 7.11 Å². The molecule has 1 aromatic heterocycles. The average molecular weight is 420 g/mol. The third kappa shape index (κ3) is 5.06. The number of piperazine rings is 1. The number of methoxy groups -OCH3 is 1. The number of benzene rings is 2. The molecule has 1 aliphatic heterocycles. The Morgan fingerprint density at radius 1 is 1.10 bits per heavy atom. The lowest BCUT2D eigenvalue weighted by Gasteiger charge is -2.35. The predicted octanol–water partition coefficient (Wildman–Crippen LogP) is 3.20. The van der Waals surface area contributed by atoms with Gasteiger partial charge in [-0.15, -0.1) is 0 Å². The molecule has 0 spiro atoms. The third-order valence-corrected chi connectivity index (χ3v) is 5.62. The van der Waals surface area contributed by atoms with Crippen LogP contribution in [0.25, 0.3) is 5.69 Å². The molecule has 0 atom stereocenters. The zero-order valence-electron chi connectivity index (χ0n) is 18.1. The topological polar surface area (TPSA) is 62.6 Å². The summed E-state index contributed by atoms with van der Waals surface area (Å²) in [5, 5.41) is 3.00. The van der Waals surface area contributed by atoms with Crippen molar-refractivity contribution >= 4 is 17.5 Å². The molecule has 1 fully saturated rings. The first-order valence-electron chi connectivity index (χ1n) is 10.7. The van der Waals surface area contributed by atoms with Crippen molar-refractivity contribution in [3.63, 3.8) is 0 Å². The van der Waals surface area contributed by atoms with Crippen LogP contribution in [-0.4, -0.2) is 60.2 Å². The van der Waals surface area contributed by atoms with Crippen LogP contribution in [0, 0.1) is 0 Å². The number of imidazole rings is 1. The van der Waals surface area contributed by atoms with Gasteiger partial charge in [-0.3, -0.25) is 14.3 Å². The molecule has 1 aliphatic rings. The monoisotopic (exact) mass is 419 g/mol. The summed E-state index contributed by atoms with van der Waals surface area (Å²) in [4.78, 5) is 21.5. The van der Waals surface area contributed by atoms with Crippen LogP contribution in [0.3, 0.4) is 0 Å². The van der Waals surface area contributed by atoms with E-state index >= 15 is 0 Å². The van der Waals surface area contributed by atoms with E-state index in [0.717, 1.165) is 55.7 Å². The van der Waals surface area contributed by atoms with Gasteiger partial charge in [0.2, 0.25) is 11.9 Å². The molecule has 31 heavy (non-hydrogen) atoms. The molecule has 4 rings (SSSR count). The maximum Gasteiger partial charge on any atom is 0.238 e. The first-order valence-corrected chi connectivity index (χ1v) is 10.7. The third-order valence-electron chi connectivity index (χ3n) is 5.62. The van der Waals surface area contributed by atoms with Gasteiger partial charge in [0.05, 0.1) is 19.3 Å². The van der Waals surface area contributed by atoms with Crippen LogP contribution >= 0.6 is 0 Å². The van der Waals surface area contributed by atoms with E-state index in [1.807, 2.05) is 48.8 Å². The number of ether oxygens (including phenoxy) is 1. The van der Waals surface area contributed by atoms with Crippen molar-refractivity contribution in [3.05, 3.63) is 66.5 Å². The fourth-order valence-corrected chi connectivity index (χ4v) is 3.82. The Hall–Kier alpha value is -3.32. The Labute approximate surface area is 183 Å². The van der Waals surface area contributed by atoms with Gasteiger partial charge in [0.1, 0.15) is 5.75 Å². The number of carbonyl (C=O) groups is 1. The lowest BCUT2D eigenvalue weighted by molar-refractivity contribution is -0.117. The van der Waals surface area contributed by atoms with E-state index in [9.17, 15) is 4.79 Å². The standard InChI is InChI=1S/C24H29N5O2/c1-3-19-7-9-20(10-8-19)26-23(30)18-27-13-15-28(16-14-27)24-25-11-12-29(24)21-5-4-6-22(17-21)31-2/h4-12,17H,3,13-16,18H2,1-2H3,(H,26,30). The van der Waals surface area contributed by atoms with Gasteiger partial charge in [-0.25, -0.2) is 4.98 Å². The van der Waals surface area contributed by atoms with Crippen molar-refractivity contribution in [1.82, 2.24) is 14.5 Å². The van der Waals surface area contributed by atoms with Gasteiger partial charge in [0.15, 0.2) is 0 Å². The van der Waals surface area contributed by atoms with Crippen LogP contribution in [0.4, 0.5) is 11.6 Å². The molecule has 0 bridgehead atoms. The minimum absolute atomic E-state index is 0.0237. The van der Waals surface area contributed by atoms with Crippen molar-refractivity contribution in [2.24, 2.45) is 0 Å². The number of hydrogen-bond acceptors (Lipinski definition) is 5. The maximum absolute atomic E-state index is 12.5. The Morgan fingerprint density at radius 3 is 2.58 bits per heavy atom. The normalized spacial score (nSPS) is 14.5. The highest BCUT2D eigenvalue weighted by Crippen LogP contribution is 2.23. The molecule has 0 saturated carbocycles. The molecule has 1 amide bonds. The summed E-state index contributed by atoms with van der Waals surface area (Å²) in [6.07, 6.45) is 4.78. The van der Waals surface area contributed by atoms with Crippen molar-refractivity contribution in [2.45, 2.75) is 13.3 Å². The number of anilines is 2. The first kappa shape index (κ1) is 20.9. The molecule has 0 radical (unpaired) electrons. The number of aromatic nitrogens is 2. The average Bonchev–Trinajstić information content (AvgIpc) is 3.30. The SMILES string of the molecule is CCc1ccc(NC(=O)CN2CCN(c3nccn3-c3cccc(OC)c3)CC2)cc1. The quantitative estimate of drug-likeness (QED) is 0.637. The molecule has 3 aromatic rings. The van der Waals surface area contributed by atoms with Crippen LogP contribution in [0.1, 0.15) is 12.5 Å². The zero-order chi connectivity index (χ0) is 21.6. The summed E-state index contributed by atoms with van der Waals surface area (Å²) in [6, 6.07) is 16.0. The second kappa shape index (κ2) is 9.66. The Morgan fingerprint density at radius 2 is 1.87 bits per heavy atom. The predicted molar refractivity (Wildman–Crippen MR) is 123 cm³/mol. The summed E-state index contributed by atoms with van der Waals surface area (Å²) in [5.74, 6) is 1.75. The summed E-state index contributed by atoms with van der Waals surface area (Å²) in [6.45, 7) is 5.78. The van der Waals surface area contributed by atoms with Gasteiger partial charge in [0, 0.05) is 50.3 Å². The minimum Gasteiger partial charge on any atom is -0.497 e. The van der Waals surface area contributed by atoms with E-state index in [4.69, 9.17) is 4.74 Å². The van der Waals surface area contributed by atoms with Crippen LogP contribution in [0.2, 0.25) is 0 Å². The Balaban J connectivity index is 1.33. The number of nitrogens with one attached hydrogen (secondary N) is 1. The summed E-state index contributed by atoms with van der Waals surface area (Å²) >= 11 is 0. The molecule has 7 heteroatoms. The largest absolute Gasteiger partial charge is 0.497 e. The van der Waals surface area contributed by atoms with Gasteiger partial charge in [-0.1, -0.05) is 25.1 Å². The molecule has 2 aromatic carbocycles. The molecular weight excluding hydrogens is 390 g/mol. The zero-order valence-corrected chi connectivity index (χ0v) is 18.1. The second-order valence-corrected chi connectivity index (χ2v) is 7.66. The first-order chi connectivity index (χ1) is 15.2. The van der Waals surface area contributed by atoms with Crippen molar-refractivity contribution in [1.29, 1.82) is 0 Å². The van der Waals surface area contributed by atoms with Crippen LogP contribution in [0.5, 0.6) is 5.75 Å². The molecule has 7 nitrogen and oxygen atoms in total. The van der Waals surface area contributed by atoms with Gasteiger partial charge in [0.25, 0.3) is 0 Å². The second-order valence-electron chi connectivity index (χ2n) is 7.66. The number of nitrogens with zero attached hydrogens (tertiary/aromatic N) is 4. The molecule has 2 heterocycles. The van der Waals surface area contributed by atoms with Gasteiger partial charge in [-0.2, -0.15) is 0 Å². The molecule has 162 valence electrons.